The maximum absolute atomic E-state index is 13.9. The van der Waals surface area contributed by atoms with E-state index in [1.54, 1.807) is 4.90 Å². The lowest BCUT2D eigenvalue weighted by Gasteiger charge is -2.33. The quantitative estimate of drug-likeness (QED) is 0.581. The Morgan fingerprint density at radius 2 is 1.90 bits per heavy atom. The second-order valence-corrected chi connectivity index (χ2v) is 5.70. The van der Waals surface area contributed by atoms with Crippen molar-refractivity contribution in [2.24, 2.45) is 0 Å². The number of rotatable bonds is 4. The van der Waals surface area contributed by atoms with Gasteiger partial charge in [-0.3, -0.25) is 0 Å². The van der Waals surface area contributed by atoms with Crippen molar-refractivity contribution in [3.05, 3.63) is 29.6 Å². The van der Waals surface area contributed by atoms with Gasteiger partial charge in [-0.05, 0) is 31.0 Å². The fourth-order valence-corrected chi connectivity index (χ4v) is 2.60. The van der Waals surface area contributed by atoms with Gasteiger partial charge in [-0.2, -0.15) is 13.2 Å². The molecule has 0 atom stereocenters. The molecule has 1 heterocycles. The van der Waals surface area contributed by atoms with E-state index in [4.69, 9.17) is 4.74 Å². The van der Waals surface area contributed by atoms with Crippen molar-refractivity contribution in [1.29, 1.82) is 0 Å². The molecular weight excluding hydrogens is 354 g/mol. The van der Waals surface area contributed by atoms with Crippen LogP contribution in [0.3, 0.4) is 0 Å². The number of ether oxygens (including phenoxy) is 1. The van der Waals surface area contributed by atoms with E-state index in [0.29, 0.717) is 25.8 Å². The Balaban J connectivity index is 2.00. The Bertz CT molecular complexity index is 473. The first-order valence-corrected chi connectivity index (χ1v) is 7.83. The van der Waals surface area contributed by atoms with Crippen molar-refractivity contribution in [2.45, 2.75) is 25.1 Å². The Kier molecular flexibility index (Phi) is 5.48. The van der Waals surface area contributed by atoms with Crippen molar-refractivity contribution in [3.63, 3.8) is 0 Å². The Morgan fingerprint density at radius 1 is 1.24 bits per heavy atom. The number of hydrogen-bond acceptors (Lipinski definition) is 2. The van der Waals surface area contributed by atoms with Crippen LogP contribution < -0.4 is 4.90 Å². The highest BCUT2D eigenvalue weighted by Gasteiger charge is 2.32. The van der Waals surface area contributed by atoms with Gasteiger partial charge < -0.3 is 9.64 Å². The third-order valence-electron chi connectivity index (χ3n) is 3.49. The van der Waals surface area contributed by atoms with Crippen LogP contribution in [0.2, 0.25) is 0 Å². The molecule has 1 aliphatic heterocycles. The van der Waals surface area contributed by atoms with Crippen LogP contribution in [-0.2, 0) is 10.9 Å². The van der Waals surface area contributed by atoms with Gasteiger partial charge in [0, 0.05) is 18.4 Å². The molecule has 2 nitrogen and oxygen atoms in total. The molecule has 1 aliphatic rings. The summed E-state index contributed by atoms with van der Waals surface area (Å²) in [5.41, 5.74) is -0.735. The molecule has 0 aliphatic carbocycles. The number of nitrogens with zero attached hydrogens (tertiary/aromatic N) is 1. The minimum atomic E-state index is -4.52. The Morgan fingerprint density at radius 3 is 2.43 bits per heavy atom. The van der Waals surface area contributed by atoms with Crippen LogP contribution >= 0.6 is 15.9 Å². The van der Waals surface area contributed by atoms with Gasteiger partial charge in [0.05, 0.1) is 24.0 Å². The van der Waals surface area contributed by atoms with Gasteiger partial charge >= 0.3 is 6.18 Å². The van der Waals surface area contributed by atoms with E-state index < -0.39 is 17.6 Å². The second kappa shape index (κ2) is 6.96. The average molecular weight is 370 g/mol. The zero-order valence-electron chi connectivity index (χ0n) is 11.3. The zero-order valence-corrected chi connectivity index (χ0v) is 12.9. The molecule has 1 aromatic carbocycles. The summed E-state index contributed by atoms with van der Waals surface area (Å²) in [5.74, 6) is -0.829. The largest absolute Gasteiger partial charge is 0.416 e. The summed E-state index contributed by atoms with van der Waals surface area (Å²) in [6, 6.07) is 2.69. The molecule has 0 radical (unpaired) electrons. The fourth-order valence-electron chi connectivity index (χ4n) is 2.41. The predicted octanol–water partition coefficient (Wildman–Crippen LogP) is 4.22. The smallest absolute Gasteiger partial charge is 0.377 e. The van der Waals surface area contributed by atoms with E-state index in [1.807, 2.05) is 0 Å². The zero-order chi connectivity index (χ0) is 15.5. The molecule has 0 bridgehead atoms. The first kappa shape index (κ1) is 16.5. The van der Waals surface area contributed by atoms with Crippen LogP contribution in [0.15, 0.2) is 18.2 Å². The van der Waals surface area contributed by atoms with Gasteiger partial charge in [-0.15, -0.1) is 0 Å². The molecule has 1 fully saturated rings. The SMILES string of the molecule is Fc1cc(C(F)(F)F)ccc1N1CCC(OCCBr)CC1. The maximum Gasteiger partial charge on any atom is 0.416 e. The van der Waals surface area contributed by atoms with Crippen LogP contribution in [-0.4, -0.2) is 31.1 Å². The Labute approximate surface area is 129 Å². The summed E-state index contributed by atoms with van der Waals surface area (Å²) in [5, 5.41) is 0.765. The third kappa shape index (κ3) is 4.32. The standard InChI is InChI=1S/C14H16BrF4NO/c15-5-8-21-11-3-6-20(7-4-11)13-2-1-10(9-12(13)16)14(17,18)19/h1-2,9,11H,3-8H2. The summed E-state index contributed by atoms with van der Waals surface area (Å²) in [6.45, 7) is 1.78. The van der Waals surface area contributed by atoms with Gasteiger partial charge in [0.2, 0.25) is 0 Å². The van der Waals surface area contributed by atoms with E-state index in [-0.39, 0.29) is 11.8 Å². The Hall–Kier alpha value is -0.820. The number of alkyl halides is 4. The molecule has 2 rings (SSSR count). The lowest BCUT2D eigenvalue weighted by molar-refractivity contribution is -0.137. The van der Waals surface area contributed by atoms with E-state index in [1.165, 1.54) is 6.07 Å². The monoisotopic (exact) mass is 369 g/mol. The van der Waals surface area contributed by atoms with Crippen LogP contribution in [0.1, 0.15) is 18.4 Å². The van der Waals surface area contributed by atoms with Gasteiger partial charge in [0.1, 0.15) is 5.82 Å². The first-order valence-electron chi connectivity index (χ1n) is 6.71. The molecule has 0 aromatic heterocycles. The average Bonchev–Trinajstić information content (AvgIpc) is 2.45. The molecule has 0 unspecified atom stereocenters. The summed E-state index contributed by atoms with van der Waals surface area (Å²) >= 11 is 3.28. The third-order valence-corrected chi connectivity index (χ3v) is 3.81. The molecule has 0 amide bonds. The van der Waals surface area contributed by atoms with E-state index in [9.17, 15) is 17.6 Å². The minimum Gasteiger partial charge on any atom is -0.377 e. The second-order valence-electron chi connectivity index (χ2n) is 4.91. The highest BCUT2D eigenvalue weighted by atomic mass is 79.9. The molecule has 0 spiro atoms. The van der Waals surface area contributed by atoms with E-state index in [2.05, 4.69) is 15.9 Å². The number of halogens is 5. The maximum atomic E-state index is 13.9. The summed E-state index contributed by atoms with van der Waals surface area (Å²) < 4.78 is 57.0. The number of benzene rings is 1. The molecule has 1 aromatic rings. The summed E-state index contributed by atoms with van der Waals surface area (Å²) in [7, 11) is 0. The molecule has 21 heavy (non-hydrogen) atoms. The predicted molar refractivity (Wildman–Crippen MR) is 76.4 cm³/mol. The van der Waals surface area contributed by atoms with Gasteiger partial charge in [-0.1, -0.05) is 15.9 Å². The van der Waals surface area contributed by atoms with Crippen LogP contribution in [0.4, 0.5) is 23.2 Å². The van der Waals surface area contributed by atoms with Gasteiger partial charge in [0.15, 0.2) is 0 Å². The van der Waals surface area contributed by atoms with E-state index in [0.717, 1.165) is 24.2 Å². The van der Waals surface area contributed by atoms with Crippen molar-refractivity contribution in [1.82, 2.24) is 0 Å². The molecule has 0 saturated carbocycles. The number of hydrogen-bond donors (Lipinski definition) is 0. The number of piperidine rings is 1. The number of anilines is 1. The summed E-state index contributed by atoms with van der Waals surface area (Å²) in [6.07, 6.45) is -2.90. The topological polar surface area (TPSA) is 12.5 Å². The summed E-state index contributed by atoms with van der Waals surface area (Å²) in [4.78, 5) is 1.77. The normalized spacial score (nSPS) is 17.3. The molecule has 0 N–H and O–H groups in total. The molecule has 118 valence electrons. The van der Waals surface area contributed by atoms with Gasteiger partial charge in [0.25, 0.3) is 0 Å². The highest BCUT2D eigenvalue weighted by Crippen LogP contribution is 2.33. The van der Waals surface area contributed by atoms with Crippen LogP contribution in [0.5, 0.6) is 0 Å². The van der Waals surface area contributed by atoms with Crippen molar-refractivity contribution in [2.75, 3.05) is 29.9 Å². The van der Waals surface area contributed by atoms with Crippen molar-refractivity contribution >= 4 is 21.6 Å². The molecule has 1 saturated heterocycles. The minimum absolute atomic E-state index is 0.135. The van der Waals surface area contributed by atoms with Gasteiger partial charge in [-0.25, -0.2) is 4.39 Å². The lowest BCUT2D eigenvalue weighted by atomic mass is 10.1. The highest BCUT2D eigenvalue weighted by molar-refractivity contribution is 9.09. The lowest BCUT2D eigenvalue weighted by Crippen LogP contribution is -2.37. The molecule has 7 heteroatoms. The van der Waals surface area contributed by atoms with Crippen LogP contribution in [0, 0.1) is 5.82 Å². The van der Waals surface area contributed by atoms with E-state index >= 15 is 0 Å². The van der Waals surface area contributed by atoms with Crippen molar-refractivity contribution < 1.29 is 22.3 Å². The first-order chi connectivity index (χ1) is 9.91. The molecular formula is C14H16BrF4NO. The van der Waals surface area contributed by atoms with Crippen LogP contribution in [0.25, 0.3) is 0 Å². The van der Waals surface area contributed by atoms with Crippen molar-refractivity contribution in [3.8, 4) is 0 Å². The fraction of sp³-hybridized carbons (Fsp3) is 0.571.